The number of nitrogens with one attached hydrogen (secondary N) is 1. The number of rotatable bonds is 8. The average molecular weight is 397 g/mol. The van der Waals surface area contributed by atoms with Crippen molar-refractivity contribution < 1.29 is 23.1 Å². The van der Waals surface area contributed by atoms with Gasteiger partial charge in [0.2, 0.25) is 15.9 Å². The van der Waals surface area contributed by atoms with Gasteiger partial charge in [-0.05, 0) is 36.5 Å². The Bertz CT molecular complexity index is 755. The molecule has 7 nitrogen and oxygen atoms in total. The molecule has 1 heterocycles. The van der Waals surface area contributed by atoms with Gasteiger partial charge in [-0.15, -0.1) is 0 Å². The summed E-state index contributed by atoms with van der Waals surface area (Å²) in [5.41, 5.74) is 0.637. The predicted molar refractivity (Wildman–Crippen MR) is 102 cm³/mol. The van der Waals surface area contributed by atoms with Crippen LogP contribution in [0.1, 0.15) is 45.1 Å². The fraction of sp³-hybridized carbons (Fsp3) is 0.579. The molecule has 1 aromatic carbocycles. The normalized spacial score (nSPS) is 17.9. The number of sulfonamides is 1. The summed E-state index contributed by atoms with van der Waals surface area (Å²) in [7, 11) is -3.50. The van der Waals surface area contributed by atoms with Crippen molar-refractivity contribution in [3.05, 3.63) is 29.8 Å². The van der Waals surface area contributed by atoms with Gasteiger partial charge in [-0.1, -0.05) is 38.8 Å². The third-order valence-electron chi connectivity index (χ3n) is 5.04. The van der Waals surface area contributed by atoms with Crippen LogP contribution < -0.4 is 5.32 Å². The number of amides is 1. The van der Waals surface area contributed by atoms with Crippen LogP contribution in [0.25, 0.3) is 0 Å². The molecule has 1 aliphatic rings. The second kappa shape index (κ2) is 9.32. The second-order valence-electron chi connectivity index (χ2n) is 7.05. The molecule has 0 unspecified atom stereocenters. The van der Waals surface area contributed by atoms with E-state index in [1.165, 1.54) is 16.4 Å². The van der Waals surface area contributed by atoms with Gasteiger partial charge in [0.25, 0.3) is 0 Å². The molecule has 1 amide bonds. The number of piperidine rings is 1. The molecule has 0 saturated carbocycles. The second-order valence-corrected chi connectivity index (χ2v) is 8.99. The highest BCUT2D eigenvalue weighted by Crippen LogP contribution is 2.21. The minimum Gasteiger partial charge on any atom is -0.480 e. The van der Waals surface area contributed by atoms with E-state index >= 15 is 0 Å². The Balaban J connectivity index is 2.02. The molecule has 150 valence electrons. The van der Waals surface area contributed by atoms with E-state index in [-0.39, 0.29) is 17.2 Å². The number of carboxylic acid groups (broad SMARTS) is 1. The summed E-state index contributed by atoms with van der Waals surface area (Å²) in [6.45, 7) is 4.73. The number of aliphatic carboxylic acids is 1. The van der Waals surface area contributed by atoms with Gasteiger partial charge in [-0.25, -0.2) is 13.2 Å². The number of hydrogen-bond donors (Lipinski definition) is 2. The number of benzene rings is 1. The highest BCUT2D eigenvalue weighted by Gasteiger charge is 2.27. The molecule has 0 spiro atoms. The summed E-state index contributed by atoms with van der Waals surface area (Å²) >= 11 is 0. The van der Waals surface area contributed by atoms with E-state index in [2.05, 4.69) is 5.32 Å². The van der Waals surface area contributed by atoms with Gasteiger partial charge in [0.05, 0.1) is 11.3 Å². The third-order valence-corrected chi connectivity index (χ3v) is 6.95. The molecule has 27 heavy (non-hydrogen) atoms. The molecule has 2 N–H and O–H groups in total. The van der Waals surface area contributed by atoms with Crippen molar-refractivity contribution in [2.24, 2.45) is 5.92 Å². The van der Waals surface area contributed by atoms with Crippen molar-refractivity contribution >= 4 is 21.9 Å². The molecule has 0 aromatic heterocycles. The molecule has 1 saturated heterocycles. The van der Waals surface area contributed by atoms with Crippen LogP contribution in [0.2, 0.25) is 0 Å². The monoisotopic (exact) mass is 396 g/mol. The van der Waals surface area contributed by atoms with Crippen LogP contribution in [0.4, 0.5) is 0 Å². The summed E-state index contributed by atoms with van der Waals surface area (Å²) in [6, 6.07) is 5.30. The van der Waals surface area contributed by atoms with E-state index < -0.39 is 27.9 Å². The number of hydrogen-bond acceptors (Lipinski definition) is 4. The molecular weight excluding hydrogens is 368 g/mol. The van der Waals surface area contributed by atoms with Crippen molar-refractivity contribution in [2.45, 2.75) is 56.9 Å². The first kappa shape index (κ1) is 21.4. The maximum absolute atomic E-state index is 12.6. The molecule has 0 radical (unpaired) electrons. The smallest absolute Gasteiger partial charge is 0.326 e. The lowest BCUT2D eigenvalue weighted by Crippen LogP contribution is -2.45. The summed E-state index contributed by atoms with van der Waals surface area (Å²) < 4.78 is 26.8. The van der Waals surface area contributed by atoms with E-state index in [0.29, 0.717) is 25.1 Å². The van der Waals surface area contributed by atoms with Crippen molar-refractivity contribution in [3.63, 3.8) is 0 Å². The zero-order valence-electron chi connectivity index (χ0n) is 15.8. The average Bonchev–Trinajstić information content (AvgIpc) is 2.66. The topological polar surface area (TPSA) is 104 Å². The summed E-state index contributed by atoms with van der Waals surface area (Å²) in [6.07, 6.45) is 3.44. The SMILES string of the molecule is CC[C@H](C)[C@H](NC(=O)Cc1ccc(S(=O)(=O)N2CCCCC2)cc1)C(=O)O. The zero-order valence-corrected chi connectivity index (χ0v) is 16.7. The largest absolute Gasteiger partial charge is 0.480 e. The van der Waals surface area contributed by atoms with Gasteiger partial charge in [0.15, 0.2) is 0 Å². The first-order chi connectivity index (χ1) is 12.8. The van der Waals surface area contributed by atoms with E-state index in [1.807, 2.05) is 6.92 Å². The molecule has 8 heteroatoms. The van der Waals surface area contributed by atoms with E-state index in [0.717, 1.165) is 19.3 Å². The van der Waals surface area contributed by atoms with Crippen LogP contribution in [0.5, 0.6) is 0 Å². The lowest BCUT2D eigenvalue weighted by molar-refractivity contribution is -0.143. The summed E-state index contributed by atoms with van der Waals surface area (Å²) in [5.74, 6) is -1.63. The van der Waals surface area contributed by atoms with Crippen molar-refractivity contribution in [3.8, 4) is 0 Å². The van der Waals surface area contributed by atoms with Crippen molar-refractivity contribution in [2.75, 3.05) is 13.1 Å². The summed E-state index contributed by atoms with van der Waals surface area (Å²) in [5, 5.41) is 11.8. The van der Waals surface area contributed by atoms with Gasteiger partial charge in [0, 0.05) is 13.1 Å². The summed E-state index contributed by atoms with van der Waals surface area (Å²) in [4.78, 5) is 23.7. The fourth-order valence-electron chi connectivity index (χ4n) is 3.13. The number of carbonyl (C=O) groups is 2. The van der Waals surface area contributed by atoms with Crippen LogP contribution in [-0.4, -0.2) is 48.8 Å². The standard InChI is InChI=1S/C19H28N2O5S/c1-3-14(2)18(19(23)24)20-17(22)13-15-7-9-16(10-8-15)27(25,26)21-11-5-4-6-12-21/h7-10,14,18H,3-6,11-13H2,1-2H3,(H,20,22)(H,23,24)/t14-,18-/m0/s1. The van der Waals surface area contributed by atoms with Crippen LogP contribution in [0.3, 0.4) is 0 Å². The molecule has 1 aromatic rings. The van der Waals surface area contributed by atoms with E-state index in [1.54, 1.807) is 19.1 Å². The molecule has 2 atom stereocenters. The van der Waals surface area contributed by atoms with Gasteiger partial charge < -0.3 is 10.4 Å². The van der Waals surface area contributed by atoms with Gasteiger partial charge in [0.1, 0.15) is 6.04 Å². The van der Waals surface area contributed by atoms with Crippen LogP contribution in [0, 0.1) is 5.92 Å². The first-order valence-corrected chi connectivity index (χ1v) is 10.8. The molecular formula is C19H28N2O5S. The Morgan fingerprint density at radius 1 is 1.15 bits per heavy atom. The molecule has 1 aliphatic heterocycles. The third kappa shape index (κ3) is 5.52. The van der Waals surface area contributed by atoms with E-state index in [9.17, 15) is 23.1 Å². The maximum atomic E-state index is 12.6. The Morgan fingerprint density at radius 3 is 2.26 bits per heavy atom. The number of nitrogens with zero attached hydrogens (tertiary/aromatic N) is 1. The predicted octanol–water partition coefficient (Wildman–Crippen LogP) is 2.02. The lowest BCUT2D eigenvalue weighted by Gasteiger charge is -2.25. The van der Waals surface area contributed by atoms with Crippen molar-refractivity contribution in [1.29, 1.82) is 0 Å². The Labute approximate surface area is 160 Å². The van der Waals surface area contributed by atoms with Gasteiger partial charge >= 0.3 is 5.97 Å². The minimum absolute atomic E-state index is 0.00422. The Hall–Kier alpha value is -1.93. The molecule has 0 bridgehead atoms. The minimum atomic E-state index is -3.50. The quantitative estimate of drug-likeness (QED) is 0.700. The van der Waals surface area contributed by atoms with Gasteiger partial charge in [-0.3, -0.25) is 4.79 Å². The van der Waals surface area contributed by atoms with Crippen LogP contribution in [-0.2, 0) is 26.0 Å². The van der Waals surface area contributed by atoms with Crippen LogP contribution in [0.15, 0.2) is 29.2 Å². The molecule has 1 fully saturated rings. The maximum Gasteiger partial charge on any atom is 0.326 e. The van der Waals surface area contributed by atoms with E-state index in [4.69, 9.17) is 0 Å². The highest BCUT2D eigenvalue weighted by atomic mass is 32.2. The Kier molecular flexibility index (Phi) is 7.38. The lowest BCUT2D eigenvalue weighted by atomic mass is 9.99. The molecule has 2 rings (SSSR count). The van der Waals surface area contributed by atoms with Crippen LogP contribution >= 0.6 is 0 Å². The first-order valence-electron chi connectivity index (χ1n) is 9.37. The fourth-order valence-corrected chi connectivity index (χ4v) is 4.64. The zero-order chi connectivity index (χ0) is 20.0. The number of carbonyl (C=O) groups excluding carboxylic acids is 1. The van der Waals surface area contributed by atoms with Gasteiger partial charge in [-0.2, -0.15) is 4.31 Å². The number of carboxylic acids is 1. The Morgan fingerprint density at radius 2 is 1.74 bits per heavy atom. The molecule has 0 aliphatic carbocycles. The highest BCUT2D eigenvalue weighted by molar-refractivity contribution is 7.89. The van der Waals surface area contributed by atoms with Crippen molar-refractivity contribution in [1.82, 2.24) is 9.62 Å².